The summed E-state index contributed by atoms with van der Waals surface area (Å²) in [7, 11) is 0. The molecule has 1 fully saturated rings. The minimum Gasteiger partial charge on any atom is -0.371 e. The van der Waals surface area contributed by atoms with E-state index in [4.69, 9.17) is 0 Å². The van der Waals surface area contributed by atoms with E-state index < -0.39 is 0 Å². The van der Waals surface area contributed by atoms with Gasteiger partial charge in [0, 0.05) is 36.3 Å². The SMILES string of the molecule is CC1CCN(c2ccc(NC(=O)c3csc(Cc4ccccc4)n3)cc2)C1. The summed E-state index contributed by atoms with van der Waals surface area (Å²) in [5.41, 5.74) is 3.69. The molecule has 3 aromatic rings. The van der Waals surface area contributed by atoms with Gasteiger partial charge in [0.2, 0.25) is 0 Å². The van der Waals surface area contributed by atoms with Gasteiger partial charge in [-0.3, -0.25) is 4.79 Å². The van der Waals surface area contributed by atoms with Crippen LogP contribution in [-0.4, -0.2) is 24.0 Å². The van der Waals surface area contributed by atoms with E-state index in [-0.39, 0.29) is 5.91 Å². The van der Waals surface area contributed by atoms with Crippen LogP contribution in [0.5, 0.6) is 0 Å². The smallest absolute Gasteiger partial charge is 0.275 e. The van der Waals surface area contributed by atoms with E-state index in [1.54, 1.807) is 0 Å². The zero-order valence-electron chi connectivity index (χ0n) is 15.4. The van der Waals surface area contributed by atoms with Gasteiger partial charge in [0.1, 0.15) is 5.69 Å². The third kappa shape index (κ3) is 4.37. The maximum Gasteiger partial charge on any atom is 0.275 e. The minimum absolute atomic E-state index is 0.159. The predicted molar refractivity (Wildman–Crippen MR) is 112 cm³/mol. The van der Waals surface area contributed by atoms with Gasteiger partial charge in [0.25, 0.3) is 5.91 Å². The molecule has 4 rings (SSSR count). The summed E-state index contributed by atoms with van der Waals surface area (Å²) in [5.74, 6) is 0.590. The van der Waals surface area contributed by atoms with Gasteiger partial charge < -0.3 is 10.2 Å². The Hall–Kier alpha value is -2.66. The summed E-state index contributed by atoms with van der Waals surface area (Å²) in [4.78, 5) is 19.4. The van der Waals surface area contributed by atoms with Crippen molar-refractivity contribution in [3.8, 4) is 0 Å². The van der Waals surface area contributed by atoms with E-state index in [0.717, 1.165) is 36.1 Å². The Labute approximate surface area is 163 Å². The van der Waals surface area contributed by atoms with Gasteiger partial charge >= 0.3 is 0 Å². The summed E-state index contributed by atoms with van der Waals surface area (Å²) >= 11 is 1.52. The number of anilines is 2. The molecule has 2 aromatic carbocycles. The molecular formula is C22H23N3OS. The van der Waals surface area contributed by atoms with Crippen molar-refractivity contribution in [2.45, 2.75) is 19.8 Å². The molecule has 4 nitrogen and oxygen atoms in total. The number of thiazole rings is 1. The molecule has 1 amide bonds. The fourth-order valence-corrected chi connectivity index (χ4v) is 4.20. The summed E-state index contributed by atoms with van der Waals surface area (Å²) < 4.78 is 0. The number of carbonyl (C=O) groups is 1. The molecule has 1 unspecified atom stereocenters. The molecule has 1 aromatic heterocycles. The van der Waals surface area contributed by atoms with Crippen LogP contribution in [-0.2, 0) is 6.42 Å². The van der Waals surface area contributed by atoms with E-state index in [9.17, 15) is 4.79 Å². The Morgan fingerprint density at radius 1 is 1.19 bits per heavy atom. The summed E-state index contributed by atoms with van der Waals surface area (Å²) in [6.45, 7) is 4.50. The molecule has 1 atom stereocenters. The highest BCUT2D eigenvalue weighted by Gasteiger charge is 2.19. The number of benzene rings is 2. The number of carbonyl (C=O) groups excluding carboxylic acids is 1. The first kappa shape index (κ1) is 17.7. The quantitative estimate of drug-likeness (QED) is 0.692. The van der Waals surface area contributed by atoms with E-state index in [1.165, 1.54) is 29.0 Å². The van der Waals surface area contributed by atoms with Crippen LogP contribution in [0.25, 0.3) is 0 Å². The second-order valence-corrected chi connectivity index (χ2v) is 8.07. The number of aromatic nitrogens is 1. The Balaban J connectivity index is 1.37. The highest BCUT2D eigenvalue weighted by Crippen LogP contribution is 2.25. The highest BCUT2D eigenvalue weighted by atomic mass is 32.1. The van der Waals surface area contributed by atoms with Crippen molar-refractivity contribution in [2.24, 2.45) is 5.92 Å². The van der Waals surface area contributed by atoms with Gasteiger partial charge in [-0.05, 0) is 42.2 Å². The topological polar surface area (TPSA) is 45.2 Å². The molecule has 0 aliphatic carbocycles. The molecule has 1 aliphatic rings. The van der Waals surface area contributed by atoms with Crippen molar-refractivity contribution in [3.05, 3.63) is 76.2 Å². The van der Waals surface area contributed by atoms with Crippen LogP contribution in [0.3, 0.4) is 0 Å². The van der Waals surface area contributed by atoms with Gasteiger partial charge in [0.15, 0.2) is 0 Å². The molecule has 0 radical (unpaired) electrons. The van der Waals surface area contributed by atoms with Crippen LogP contribution in [0.4, 0.5) is 11.4 Å². The first-order valence-corrected chi connectivity index (χ1v) is 10.2. The molecule has 0 saturated carbocycles. The maximum absolute atomic E-state index is 12.5. The molecular weight excluding hydrogens is 354 g/mol. The number of hydrogen-bond donors (Lipinski definition) is 1. The summed E-state index contributed by atoms with van der Waals surface area (Å²) in [6.07, 6.45) is 2.00. The van der Waals surface area contributed by atoms with Gasteiger partial charge in [-0.2, -0.15) is 0 Å². The van der Waals surface area contributed by atoms with Gasteiger partial charge in [0.05, 0.1) is 5.01 Å². The molecule has 1 aliphatic heterocycles. The molecule has 138 valence electrons. The highest BCUT2D eigenvalue weighted by molar-refractivity contribution is 7.09. The lowest BCUT2D eigenvalue weighted by Gasteiger charge is -2.18. The molecule has 5 heteroatoms. The molecule has 0 bridgehead atoms. The van der Waals surface area contributed by atoms with E-state index in [1.807, 2.05) is 35.7 Å². The van der Waals surface area contributed by atoms with Crippen molar-refractivity contribution in [1.82, 2.24) is 4.98 Å². The Bertz CT molecular complexity index is 905. The number of nitrogens with zero attached hydrogens (tertiary/aromatic N) is 2. The third-order valence-electron chi connectivity index (χ3n) is 4.90. The minimum atomic E-state index is -0.159. The lowest BCUT2D eigenvalue weighted by Crippen LogP contribution is -2.19. The molecule has 2 heterocycles. The first-order valence-electron chi connectivity index (χ1n) is 9.32. The Kier molecular flexibility index (Phi) is 5.21. The van der Waals surface area contributed by atoms with Crippen LogP contribution in [0.1, 0.15) is 34.4 Å². The predicted octanol–water partition coefficient (Wildman–Crippen LogP) is 4.83. The number of hydrogen-bond acceptors (Lipinski definition) is 4. The lowest BCUT2D eigenvalue weighted by atomic mass is 10.2. The van der Waals surface area contributed by atoms with E-state index >= 15 is 0 Å². The Morgan fingerprint density at radius 2 is 1.96 bits per heavy atom. The summed E-state index contributed by atoms with van der Waals surface area (Å²) in [6, 6.07) is 18.3. The average Bonchev–Trinajstić information content (AvgIpc) is 3.32. The van der Waals surface area contributed by atoms with Crippen LogP contribution >= 0.6 is 11.3 Å². The zero-order valence-corrected chi connectivity index (χ0v) is 16.2. The van der Waals surface area contributed by atoms with Crippen molar-refractivity contribution in [3.63, 3.8) is 0 Å². The van der Waals surface area contributed by atoms with Gasteiger partial charge in [-0.15, -0.1) is 11.3 Å². The van der Waals surface area contributed by atoms with Crippen molar-refractivity contribution in [2.75, 3.05) is 23.3 Å². The Morgan fingerprint density at radius 3 is 2.67 bits per heavy atom. The van der Waals surface area contributed by atoms with Crippen LogP contribution < -0.4 is 10.2 Å². The number of nitrogens with one attached hydrogen (secondary N) is 1. The fraction of sp³-hybridized carbons (Fsp3) is 0.273. The number of rotatable bonds is 5. The zero-order chi connectivity index (χ0) is 18.6. The van der Waals surface area contributed by atoms with Gasteiger partial charge in [-0.1, -0.05) is 37.3 Å². The van der Waals surface area contributed by atoms with Gasteiger partial charge in [-0.25, -0.2) is 4.98 Å². The molecule has 1 N–H and O–H groups in total. The second kappa shape index (κ2) is 7.92. The van der Waals surface area contributed by atoms with E-state index in [2.05, 4.69) is 46.4 Å². The lowest BCUT2D eigenvalue weighted by molar-refractivity contribution is 0.102. The van der Waals surface area contributed by atoms with Crippen molar-refractivity contribution in [1.29, 1.82) is 0 Å². The van der Waals surface area contributed by atoms with Crippen LogP contribution in [0, 0.1) is 5.92 Å². The second-order valence-electron chi connectivity index (χ2n) is 7.13. The van der Waals surface area contributed by atoms with Crippen molar-refractivity contribution < 1.29 is 4.79 Å². The first-order chi connectivity index (χ1) is 13.2. The monoisotopic (exact) mass is 377 g/mol. The third-order valence-corrected chi connectivity index (χ3v) is 5.75. The maximum atomic E-state index is 12.5. The fourth-order valence-electron chi connectivity index (χ4n) is 3.39. The molecule has 0 spiro atoms. The average molecular weight is 378 g/mol. The summed E-state index contributed by atoms with van der Waals surface area (Å²) in [5, 5.41) is 5.72. The van der Waals surface area contributed by atoms with Crippen LogP contribution in [0.2, 0.25) is 0 Å². The standard InChI is InChI=1S/C22H23N3OS/c1-16-11-12-25(14-16)19-9-7-18(8-10-19)23-22(26)20-15-27-21(24-20)13-17-5-3-2-4-6-17/h2-10,15-16H,11-14H2,1H3,(H,23,26). The normalized spacial score (nSPS) is 16.5. The molecule has 1 saturated heterocycles. The molecule has 27 heavy (non-hydrogen) atoms. The largest absolute Gasteiger partial charge is 0.371 e. The number of amides is 1. The van der Waals surface area contributed by atoms with E-state index in [0.29, 0.717) is 5.69 Å². The van der Waals surface area contributed by atoms with Crippen molar-refractivity contribution >= 4 is 28.6 Å². The van der Waals surface area contributed by atoms with Crippen LogP contribution in [0.15, 0.2) is 60.0 Å².